The molecule has 0 radical (unpaired) electrons. The fourth-order valence-corrected chi connectivity index (χ4v) is 4.80. The Morgan fingerprint density at radius 1 is 1.41 bits per heavy atom. The molecule has 0 saturated carbocycles. The largest absolute Gasteiger partial charge is 0.329 e. The molecule has 1 heterocycles. The Hall–Kier alpha value is -0.180. The van der Waals surface area contributed by atoms with Gasteiger partial charge in [-0.3, -0.25) is 4.90 Å². The number of nitrogens with zero attached hydrogens (tertiary/aromatic N) is 1. The monoisotopic (exact) mass is 284 g/mol. The van der Waals surface area contributed by atoms with Crippen LogP contribution in [0.2, 0.25) is 0 Å². The van der Waals surface area contributed by atoms with Crippen LogP contribution in [0.3, 0.4) is 0 Å². The quantitative estimate of drug-likeness (QED) is 0.658. The molecule has 1 atom stereocenters. The van der Waals surface area contributed by atoms with Gasteiger partial charge in [0.1, 0.15) is 9.84 Å². The summed E-state index contributed by atoms with van der Waals surface area (Å²) in [7, 11) is -4.35. The summed E-state index contributed by atoms with van der Waals surface area (Å²) in [5.74, 6) is 0.176. The van der Waals surface area contributed by atoms with Crippen LogP contribution in [-0.4, -0.2) is 70.9 Å². The third-order valence-corrected chi connectivity index (χ3v) is 6.08. The molecule has 0 aromatic heterocycles. The lowest BCUT2D eigenvalue weighted by atomic mass is 9.97. The number of nitrogens with two attached hydrogens (primary N) is 1. The van der Waals surface area contributed by atoms with E-state index < -0.39 is 25.2 Å². The molecule has 0 spiro atoms. The van der Waals surface area contributed by atoms with Gasteiger partial charge < -0.3 is 5.73 Å². The zero-order chi connectivity index (χ0) is 13.3. The second-order valence-corrected chi connectivity index (χ2v) is 9.27. The third kappa shape index (κ3) is 3.90. The summed E-state index contributed by atoms with van der Waals surface area (Å²) in [5, 5.41) is 0. The summed E-state index contributed by atoms with van der Waals surface area (Å²) in [5.41, 5.74) is 5.08. The van der Waals surface area contributed by atoms with E-state index in [4.69, 9.17) is 5.73 Å². The Morgan fingerprint density at radius 3 is 2.35 bits per heavy atom. The van der Waals surface area contributed by atoms with Crippen LogP contribution in [0.5, 0.6) is 0 Å². The summed E-state index contributed by atoms with van der Waals surface area (Å²) in [6.07, 6.45) is 1.65. The lowest BCUT2D eigenvalue weighted by Gasteiger charge is -2.36. The first-order valence-corrected chi connectivity index (χ1v) is 9.28. The van der Waals surface area contributed by atoms with Gasteiger partial charge in [0.2, 0.25) is 0 Å². The fourth-order valence-electron chi connectivity index (χ4n) is 2.06. The predicted molar refractivity (Wildman–Crippen MR) is 67.4 cm³/mol. The van der Waals surface area contributed by atoms with Crippen molar-refractivity contribution in [2.24, 2.45) is 5.73 Å². The van der Waals surface area contributed by atoms with Crippen LogP contribution in [0.4, 0.5) is 0 Å². The van der Waals surface area contributed by atoms with Crippen molar-refractivity contribution < 1.29 is 16.8 Å². The molecule has 1 saturated heterocycles. The van der Waals surface area contributed by atoms with Gasteiger partial charge >= 0.3 is 0 Å². The van der Waals surface area contributed by atoms with Crippen LogP contribution in [-0.2, 0) is 19.7 Å². The van der Waals surface area contributed by atoms with E-state index in [1.54, 1.807) is 11.9 Å². The molecule has 1 unspecified atom stereocenters. The van der Waals surface area contributed by atoms with Crippen LogP contribution < -0.4 is 5.73 Å². The van der Waals surface area contributed by atoms with Gasteiger partial charge in [-0.2, -0.15) is 0 Å². The zero-order valence-corrected chi connectivity index (χ0v) is 11.8. The lowest BCUT2D eigenvalue weighted by Crippen LogP contribution is -2.54. The first-order chi connectivity index (χ1) is 7.60. The number of likely N-dealkylation sites (N-methyl/N-ethyl adjacent to an activating group) is 1. The molecule has 1 aliphatic rings. The second-order valence-electron chi connectivity index (χ2n) is 4.82. The minimum Gasteiger partial charge on any atom is -0.329 e. The highest BCUT2D eigenvalue weighted by Gasteiger charge is 2.44. The van der Waals surface area contributed by atoms with E-state index in [-0.39, 0.29) is 23.8 Å². The van der Waals surface area contributed by atoms with Gasteiger partial charge in [0, 0.05) is 24.9 Å². The van der Waals surface area contributed by atoms with Crippen molar-refractivity contribution >= 4 is 19.7 Å². The van der Waals surface area contributed by atoms with Crippen LogP contribution >= 0.6 is 0 Å². The van der Waals surface area contributed by atoms with Crippen LogP contribution in [0.1, 0.15) is 6.42 Å². The fraction of sp³-hybridized carbons (Fsp3) is 1.00. The highest BCUT2D eigenvalue weighted by Crippen LogP contribution is 2.27. The van der Waals surface area contributed by atoms with Crippen LogP contribution in [0.15, 0.2) is 0 Å². The van der Waals surface area contributed by atoms with E-state index in [0.717, 1.165) is 0 Å². The SMILES string of the molecule is CN(CCS(C)(=O)=O)C1(CN)CCS(=O)(=O)C1. The van der Waals surface area contributed by atoms with E-state index in [9.17, 15) is 16.8 Å². The summed E-state index contributed by atoms with van der Waals surface area (Å²) in [4.78, 5) is 1.78. The molecule has 6 nitrogen and oxygen atoms in total. The van der Waals surface area contributed by atoms with Crippen molar-refractivity contribution in [2.45, 2.75) is 12.0 Å². The molecule has 17 heavy (non-hydrogen) atoms. The molecule has 8 heteroatoms. The molecule has 0 aromatic rings. The van der Waals surface area contributed by atoms with E-state index in [2.05, 4.69) is 0 Å². The van der Waals surface area contributed by atoms with Gasteiger partial charge in [0.05, 0.1) is 17.3 Å². The summed E-state index contributed by atoms with van der Waals surface area (Å²) in [6, 6.07) is 0. The smallest absolute Gasteiger partial charge is 0.152 e. The standard InChI is InChI=1S/C9H20N2O4S2/c1-11(4-6-16(2,12)13)9(7-10)3-5-17(14,15)8-9/h3-8,10H2,1-2H3. The van der Waals surface area contributed by atoms with E-state index >= 15 is 0 Å². The number of sulfone groups is 2. The summed E-state index contributed by atoms with van der Waals surface area (Å²) < 4.78 is 45.2. The molecule has 1 rings (SSSR count). The molecule has 1 fully saturated rings. The average Bonchev–Trinajstić information content (AvgIpc) is 2.51. The van der Waals surface area contributed by atoms with E-state index in [1.807, 2.05) is 0 Å². The van der Waals surface area contributed by atoms with Gasteiger partial charge in [-0.05, 0) is 13.5 Å². The van der Waals surface area contributed by atoms with Crippen molar-refractivity contribution in [2.75, 3.05) is 43.7 Å². The molecular formula is C9H20N2O4S2. The Bertz CT molecular complexity index is 471. The first-order valence-electron chi connectivity index (χ1n) is 5.40. The molecule has 0 aliphatic carbocycles. The maximum atomic E-state index is 11.5. The van der Waals surface area contributed by atoms with E-state index in [1.165, 1.54) is 6.26 Å². The number of hydrogen-bond donors (Lipinski definition) is 1. The van der Waals surface area contributed by atoms with Gasteiger partial charge in [-0.25, -0.2) is 16.8 Å². The van der Waals surface area contributed by atoms with Crippen LogP contribution in [0, 0.1) is 0 Å². The van der Waals surface area contributed by atoms with Crippen molar-refractivity contribution in [3.63, 3.8) is 0 Å². The Balaban J connectivity index is 2.75. The minimum atomic E-state index is -3.04. The number of hydrogen-bond acceptors (Lipinski definition) is 6. The third-order valence-electron chi connectivity index (χ3n) is 3.35. The number of rotatable bonds is 5. The minimum absolute atomic E-state index is 0.0191. The second kappa shape index (κ2) is 4.83. The Morgan fingerprint density at radius 2 is 2.00 bits per heavy atom. The van der Waals surface area contributed by atoms with Crippen molar-refractivity contribution in [1.29, 1.82) is 0 Å². The Labute approximate surface area is 103 Å². The molecule has 0 bridgehead atoms. The first kappa shape index (κ1) is 14.9. The highest BCUT2D eigenvalue weighted by molar-refractivity contribution is 7.91. The predicted octanol–water partition coefficient (Wildman–Crippen LogP) is -1.52. The maximum absolute atomic E-state index is 11.5. The Kier molecular flexibility index (Phi) is 4.23. The molecule has 1 aliphatic heterocycles. The van der Waals surface area contributed by atoms with Crippen molar-refractivity contribution in [3.05, 3.63) is 0 Å². The topological polar surface area (TPSA) is 97.5 Å². The zero-order valence-electron chi connectivity index (χ0n) is 10.2. The van der Waals surface area contributed by atoms with Crippen LogP contribution in [0.25, 0.3) is 0 Å². The summed E-state index contributed by atoms with van der Waals surface area (Å²) >= 11 is 0. The summed E-state index contributed by atoms with van der Waals surface area (Å²) in [6.45, 7) is 0.540. The van der Waals surface area contributed by atoms with Gasteiger partial charge in [-0.1, -0.05) is 0 Å². The van der Waals surface area contributed by atoms with E-state index in [0.29, 0.717) is 13.0 Å². The lowest BCUT2D eigenvalue weighted by molar-refractivity contribution is 0.160. The van der Waals surface area contributed by atoms with Gasteiger partial charge in [0.25, 0.3) is 0 Å². The van der Waals surface area contributed by atoms with Gasteiger partial charge in [0.15, 0.2) is 9.84 Å². The molecule has 0 aromatic carbocycles. The normalized spacial score (nSPS) is 28.7. The molecule has 0 amide bonds. The highest BCUT2D eigenvalue weighted by atomic mass is 32.2. The molecule has 102 valence electrons. The average molecular weight is 284 g/mol. The van der Waals surface area contributed by atoms with Crippen molar-refractivity contribution in [3.8, 4) is 0 Å². The molecular weight excluding hydrogens is 264 g/mol. The molecule has 2 N–H and O–H groups in total. The maximum Gasteiger partial charge on any atom is 0.152 e. The van der Waals surface area contributed by atoms with Crippen molar-refractivity contribution in [1.82, 2.24) is 4.90 Å². The van der Waals surface area contributed by atoms with Gasteiger partial charge in [-0.15, -0.1) is 0 Å².